The van der Waals surface area contributed by atoms with Gasteiger partial charge in [-0.3, -0.25) is 19.3 Å². The quantitative estimate of drug-likeness (QED) is 0.352. The molecule has 38 heavy (non-hydrogen) atoms. The predicted molar refractivity (Wildman–Crippen MR) is 144 cm³/mol. The topological polar surface area (TPSA) is 92.8 Å². The number of para-hydroxylation sites is 1. The minimum absolute atomic E-state index is 0.168. The molecule has 194 valence electrons. The van der Waals surface area contributed by atoms with Crippen molar-refractivity contribution in [1.29, 1.82) is 0 Å². The maximum atomic E-state index is 13.4. The van der Waals surface area contributed by atoms with Crippen LogP contribution in [0, 0.1) is 11.8 Å². The van der Waals surface area contributed by atoms with E-state index < -0.39 is 18.5 Å². The predicted octanol–water partition coefficient (Wildman–Crippen LogP) is 5.12. The van der Waals surface area contributed by atoms with E-state index in [-0.39, 0.29) is 35.1 Å². The van der Waals surface area contributed by atoms with Crippen LogP contribution >= 0.6 is 0 Å². The Morgan fingerprint density at radius 3 is 2.42 bits per heavy atom. The van der Waals surface area contributed by atoms with Crippen molar-refractivity contribution in [3.8, 4) is 0 Å². The summed E-state index contributed by atoms with van der Waals surface area (Å²) < 4.78 is 5.23. The highest BCUT2D eigenvalue weighted by Gasteiger charge is 2.50. The molecule has 0 bridgehead atoms. The van der Waals surface area contributed by atoms with Crippen LogP contribution in [0.15, 0.2) is 78.9 Å². The fraction of sp³-hybridized carbons (Fsp3) is 0.290. The number of aryl methyl sites for hydroxylation is 1. The fourth-order valence-electron chi connectivity index (χ4n) is 5.58. The first kappa shape index (κ1) is 25.4. The van der Waals surface area contributed by atoms with Gasteiger partial charge in [-0.25, -0.2) is 4.79 Å². The molecule has 0 unspecified atom stereocenters. The van der Waals surface area contributed by atoms with E-state index in [4.69, 9.17) is 4.74 Å². The molecule has 2 aliphatic rings. The van der Waals surface area contributed by atoms with Crippen LogP contribution < -0.4 is 10.2 Å². The number of esters is 1. The van der Waals surface area contributed by atoms with Crippen LogP contribution in [0.3, 0.4) is 0 Å². The summed E-state index contributed by atoms with van der Waals surface area (Å²) in [6.45, 7) is 1.54. The van der Waals surface area contributed by atoms with Gasteiger partial charge >= 0.3 is 5.97 Å². The number of hydrogen-bond acceptors (Lipinski definition) is 5. The number of amides is 3. The Morgan fingerprint density at radius 1 is 0.895 bits per heavy atom. The van der Waals surface area contributed by atoms with E-state index in [1.54, 1.807) is 24.3 Å². The van der Waals surface area contributed by atoms with Gasteiger partial charge in [-0.1, -0.05) is 61.5 Å². The average molecular weight is 511 g/mol. The van der Waals surface area contributed by atoms with Crippen molar-refractivity contribution < 1.29 is 23.9 Å². The molecular weight excluding hydrogens is 480 g/mol. The Morgan fingerprint density at radius 2 is 1.63 bits per heavy atom. The summed E-state index contributed by atoms with van der Waals surface area (Å²) in [6.07, 6.45) is 2.90. The summed E-state index contributed by atoms with van der Waals surface area (Å²) in [6, 6.07) is 23.8. The summed E-state index contributed by atoms with van der Waals surface area (Å²) in [4.78, 5) is 52.9. The number of fused-ring (bicyclic) bond motifs is 1. The Labute approximate surface area is 221 Å². The van der Waals surface area contributed by atoms with Crippen LogP contribution in [-0.2, 0) is 25.5 Å². The molecule has 7 nitrogen and oxygen atoms in total. The van der Waals surface area contributed by atoms with Gasteiger partial charge in [-0.2, -0.15) is 0 Å². The van der Waals surface area contributed by atoms with Gasteiger partial charge in [-0.05, 0) is 67.0 Å². The number of benzene rings is 3. The fourth-order valence-corrected chi connectivity index (χ4v) is 5.58. The van der Waals surface area contributed by atoms with Crippen LogP contribution in [0.25, 0.3) is 0 Å². The Bertz CT molecular complexity index is 1370. The van der Waals surface area contributed by atoms with E-state index in [0.717, 1.165) is 18.4 Å². The minimum Gasteiger partial charge on any atom is -0.452 e. The second-order valence-corrected chi connectivity index (χ2v) is 9.83. The number of carbonyl (C=O) groups is 4. The second-order valence-electron chi connectivity index (χ2n) is 9.83. The monoisotopic (exact) mass is 510 g/mol. The van der Waals surface area contributed by atoms with Crippen LogP contribution in [-0.4, -0.2) is 30.3 Å². The summed E-state index contributed by atoms with van der Waals surface area (Å²) >= 11 is 0. The zero-order chi connectivity index (χ0) is 26.6. The van der Waals surface area contributed by atoms with Gasteiger partial charge in [0.1, 0.15) is 0 Å². The van der Waals surface area contributed by atoms with Crippen LogP contribution in [0.4, 0.5) is 11.4 Å². The molecule has 3 atom stereocenters. The van der Waals surface area contributed by atoms with Crippen LogP contribution in [0.2, 0.25) is 0 Å². The third-order valence-corrected chi connectivity index (χ3v) is 7.54. The molecule has 1 saturated heterocycles. The zero-order valence-electron chi connectivity index (χ0n) is 21.3. The summed E-state index contributed by atoms with van der Waals surface area (Å²) in [7, 11) is 0. The van der Waals surface area contributed by atoms with Gasteiger partial charge in [0.2, 0.25) is 11.8 Å². The third-order valence-electron chi connectivity index (χ3n) is 7.54. The molecule has 2 fully saturated rings. The van der Waals surface area contributed by atoms with Gasteiger partial charge in [0.15, 0.2) is 6.61 Å². The maximum Gasteiger partial charge on any atom is 0.338 e. The van der Waals surface area contributed by atoms with Crippen LogP contribution in [0.1, 0.15) is 53.6 Å². The van der Waals surface area contributed by atoms with Crippen molar-refractivity contribution in [2.24, 2.45) is 11.8 Å². The smallest absolute Gasteiger partial charge is 0.338 e. The van der Waals surface area contributed by atoms with Gasteiger partial charge in [-0.15, -0.1) is 0 Å². The molecule has 3 amide bonds. The summed E-state index contributed by atoms with van der Waals surface area (Å²) in [5.41, 5.74) is 3.37. The van der Waals surface area contributed by atoms with Crippen molar-refractivity contribution in [3.05, 3.63) is 95.6 Å². The Balaban J connectivity index is 1.24. The molecule has 0 spiro atoms. The third kappa shape index (κ3) is 5.09. The highest BCUT2D eigenvalue weighted by atomic mass is 16.5. The first-order valence-electron chi connectivity index (χ1n) is 13.0. The first-order chi connectivity index (χ1) is 18.5. The number of rotatable bonds is 7. The summed E-state index contributed by atoms with van der Waals surface area (Å²) in [5, 5.41) is 2.77. The van der Waals surface area contributed by atoms with E-state index in [1.165, 1.54) is 16.5 Å². The number of carbonyl (C=O) groups excluding carboxylic acids is 4. The first-order valence-corrected chi connectivity index (χ1v) is 13.0. The lowest BCUT2D eigenvalue weighted by Crippen LogP contribution is -2.31. The number of nitrogens with zero attached hydrogens (tertiary/aromatic N) is 1. The van der Waals surface area contributed by atoms with E-state index in [9.17, 15) is 19.2 Å². The van der Waals surface area contributed by atoms with E-state index >= 15 is 0 Å². The van der Waals surface area contributed by atoms with Gasteiger partial charge in [0.25, 0.3) is 5.91 Å². The highest BCUT2D eigenvalue weighted by Crippen LogP contribution is 2.45. The molecule has 1 heterocycles. The van der Waals surface area contributed by atoms with Crippen molar-refractivity contribution in [1.82, 2.24) is 0 Å². The number of ether oxygens (including phenoxy) is 1. The normalized spacial score (nSPS) is 20.7. The molecule has 3 aromatic carbocycles. The molecule has 0 aromatic heterocycles. The van der Waals surface area contributed by atoms with Crippen LogP contribution in [0.5, 0.6) is 0 Å². The number of nitrogens with one attached hydrogen (secondary N) is 1. The molecular formula is C31H30N2O5. The minimum atomic E-state index is -0.702. The standard InChI is InChI=1S/C31H30N2O5/c1-2-20-9-6-7-14-27(20)32-28(34)19-38-31(37)23-12-8-13-24(17-23)33-29(35)25-16-15-22(18-26(25)30(33)36)21-10-4-3-5-11-21/h3-14,17,22,25-26H,2,15-16,18-19H2,1H3,(H,32,34)/t22-,25-,26+/m1/s1. The van der Waals surface area contributed by atoms with Crippen molar-refractivity contribution in [2.45, 2.75) is 38.5 Å². The lowest BCUT2D eigenvalue weighted by atomic mass is 9.73. The van der Waals surface area contributed by atoms with E-state index in [2.05, 4.69) is 17.4 Å². The van der Waals surface area contributed by atoms with Gasteiger partial charge in [0, 0.05) is 5.69 Å². The van der Waals surface area contributed by atoms with Crippen molar-refractivity contribution >= 4 is 35.1 Å². The lowest BCUT2D eigenvalue weighted by Gasteiger charge is -2.28. The molecule has 0 radical (unpaired) electrons. The highest BCUT2D eigenvalue weighted by molar-refractivity contribution is 6.22. The maximum absolute atomic E-state index is 13.4. The molecule has 1 saturated carbocycles. The molecule has 1 aliphatic carbocycles. The second kappa shape index (κ2) is 11.0. The van der Waals surface area contributed by atoms with E-state index in [0.29, 0.717) is 24.2 Å². The Hall–Kier alpha value is -4.26. The number of imide groups is 1. The number of anilines is 2. The Kier molecular flexibility index (Phi) is 7.36. The molecule has 3 aromatic rings. The lowest BCUT2D eigenvalue weighted by molar-refractivity contribution is -0.122. The zero-order valence-corrected chi connectivity index (χ0v) is 21.3. The SMILES string of the molecule is CCc1ccccc1NC(=O)COC(=O)c1cccc(N2C(=O)[C@H]3C[C@H](c4ccccc4)CC[C@H]3C2=O)c1. The number of hydrogen-bond donors (Lipinski definition) is 1. The van der Waals surface area contributed by atoms with Crippen molar-refractivity contribution in [2.75, 3.05) is 16.8 Å². The van der Waals surface area contributed by atoms with Gasteiger partial charge < -0.3 is 10.1 Å². The summed E-state index contributed by atoms with van der Waals surface area (Å²) in [5.74, 6) is -2.06. The molecule has 1 N–H and O–H groups in total. The van der Waals surface area contributed by atoms with E-state index in [1.807, 2.05) is 43.3 Å². The molecule has 1 aliphatic heterocycles. The largest absolute Gasteiger partial charge is 0.452 e. The van der Waals surface area contributed by atoms with Crippen molar-refractivity contribution in [3.63, 3.8) is 0 Å². The molecule has 7 heteroatoms. The van der Waals surface area contributed by atoms with Gasteiger partial charge in [0.05, 0.1) is 23.1 Å². The molecule has 5 rings (SSSR count). The average Bonchev–Trinajstić information content (AvgIpc) is 3.21.